The van der Waals surface area contributed by atoms with Gasteiger partial charge in [-0.2, -0.15) is 0 Å². The van der Waals surface area contributed by atoms with E-state index in [2.05, 4.69) is 6.58 Å². The van der Waals surface area contributed by atoms with Crippen LogP contribution in [0.4, 0.5) is 0 Å². The lowest BCUT2D eigenvalue weighted by molar-refractivity contribution is -0.137. The first-order valence-corrected chi connectivity index (χ1v) is 10.4. The first-order valence-electron chi connectivity index (χ1n) is 8.44. The maximum atomic E-state index is 11.9. The van der Waals surface area contributed by atoms with Crippen LogP contribution >= 0.6 is 0 Å². The van der Waals surface area contributed by atoms with Crippen LogP contribution in [0.2, 0.25) is 0 Å². The predicted molar refractivity (Wildman–Crippen MR) is 103 cm³/mol. The van der Waals surface area contributed by atoms with Gasteiger partial charge in [-0.05, 0) is 38.8 Å². The molecule has 0 saturated carbocycles. The number of carbonyl (C=O) groups excluding carboxylic acids is 1. The van der Waals surface area contributed by atoms with Gasteiger partial charge in [0.25, 0.3) is 0 Å². The van der Waals surface area contributed by atoms with Gasteiger partial charge in [0.15, 0.2) is 9.84 Å². The third-order valence-electron chi connectivity index (χ3n) is 3.85. The van der Waals surface area contributed by atoms with Gasteiger partial charge in [0.2, 0.25) is 0 Å². The van der Waals surface area contributed by atoms with E-state index in [1.54, 1.807) is 6.08 Å². The standard InChI is InChI=1S/C20H28O5S/c1-14(2)12-19(24-15(3)18-10-8-7-9-11-18)13-20(25-17(5)21)16(4)26(6,22)23/h7-11,13,15-16,19H,1,12H2,2-6H3/b20-13+/t15-,16-,19?/m0/s1. The van der Waals surface area contributed by atoms with Gasteiger partial charge < -0.3 is 9.47 Å². The van der Waals surface area contributed by atoms with Crippen LogP contribution < -0.4 is 0 Å². The number of hydrogen-bond donors (Lipinski definition) is 0. The molecule has 1 aromatic carbocycles. The molecule has 1 unspecified atom stereocenters. The highest BCUT2D eigenvalue weighted by Gasteiger charge is 2.25. The number of sulfone groups is 1. The second-order valence-corrected chi connectivity index (χ2v) is 8.89. The number of rotatable bonds is 9. The van der Waals surface area contributed by atoms with E-state index in [9.17, 15) is 13.2 Å². The Balaban J connectivity index is 3.15. The van der Waals surface area contributed by atoms with E-state index >= 15 is 0 Å². The lowest BCUT2D eigenvalue weighted by atomic mass is 10.1. The van der Waals surface area contributed by atoms with Crippen molar-refractivity contribution in [2.75, 3.05) is 6.26 Å². The number of carbonyl (C=O) groups is 1. The molecule has 0 heterocycles. The van der Waals surface area contributed by atoms with Gasteiger partial charge in [0, 0.05) is 13.2 Å². The number of benzene rings is 1. The summed E-state index contributed by atoms with van der Waals surface area (Å²) in [5, 5.41) is -0.949. The average Bonchev–Trinajstić information content (AvgIpc) is 2.52. The molecule has 0 saturated heterocycles. The SMILES string of the molecule is C=C(C)CC(/C=C(/OC(C)=O)[C@H](C)S(C)(=O)=O)O[C@@H](C)c1ccccc1. The molecule has 0 spiro atoms. The molecule has 5 nitrogen and oxygen atoms in total. The fourth-order valence-electron chi connectivity index (χ4n) is 2.37. The van der Waals surface area contributed by atoms with Gasteiger partial charge in [0.1, 0.15) is 11.0 Å². The molecule has 0 radical (unpaired) electrons. The molecule has 26 heavy (non-hydrogen) atoms. The lowest BCUT2D eigenvalue weighted by Crippen LogP contribution is -2.24. The first-order chi connectivity index (χ1) is 12.0. The summed E-state index contributed by atoms with van der Waals surface area (Å²) in [7, 11) is -3.43. The molecular weight excluding hydrogens is 352 g/mol. The highest BCUT2D eigenvalue weighted by Crippen LogP contribution is 2.24. The predicted octanol–water partition coefficient (Wildman–Crippen LogP) is 3.98. The zero-order chi connectivity index (χ0) is 19.9. The summed E-state index contributed by atoms with van der Waals surface area (Å²) in [6, 6.07) is 9.69. The molecular formula is C20H28O5S. The molecule has 0 N–H and O–H groups in total. The topological polar surface area (TPSA) is 69.7 Å². The van der Waals surface area contributed by atoms with Crippen molar-refractivity contribution in [1.82, 2.24) is 0 Å². The maximum absolute atomic E-state index is 11.9. The quantitative estimate of drug-likeness (QED) is 0.368. The summed E-state index contributed by atoms with van der Waals surface area (Å²) >= 11 is 0. The first kappa shape index (κ1) is 22.1. The van der Waals surface area contributed by atoms with Crippen molar-refractivity contribution in [1.29, 1.82) is 0 Å². The molecule has 1 aromatic rings. The molecule has 6 heteroatoms. The maximum Gasteiger partial charge on any atom is 0.307 e. The van der Waals surface area contributed by atoms with Crippen LogP contribution in [-0.2, 0) is 24.1 Å². The zero-order valence-corrected chi connectivity index (χ0v) is 16.9. The summed E-state index contributed by atoms with van der Waals surface area (Å²) in [5.41, 5.74) is 1.87. The van der Waals surface area contributed by atoms with Crippen LogP contribution in [0.1, 0.15) is 45.8 Å². The minimum atomic E-state index is -3.43. The molecule has 144 valence electrons. The van der Waals surface area contributed by atoms with Crippen LogP contribution in [0.25, 0.3) is 0 Å². The van der Waals surface area contributed by atoms with Crippen LogP contribution in [0.15, 0.2) is 54.3 Å². The van der Waals surface area contributed by atoms with E-state index in [1.165, 1.54) is 13.8 Å². The van der Waals surface area contributed by atoms with Gasteiger partial charge in [-0.25, -0.2) is 8.42 Å². The normalized spacial score (nSPS) is 15.8. The monoisotopic (exact) mass is 380 g/mol. The van der Waals surface area contributed by atoms with Crippen molar-refractivity contribution in [2.24, 2.45) is 0 Å². The highest BCUT2D eigenvalue weighted by atomic mass is 32.2. The molecule has 3 atom stereocenters. The summed E-state index contributed by atoms with van der Waals surface area (Å²) in [6.07, 6.45) is 2.47. The minimum absolute atomic E-state index is 0.0755. The molecule has 0 aliphatic heterocycles. The molecule has 0 aliphatic rings. The Morgan fingerprint density at radius 3 is 2.23 bits per heavy atom. The van der Waals surface area contributed by atoms with E-state index in [1.807, 2.05) is 44.2 Å². The minimum Gasteiger partial charge on any atom is -0.430 e. The third kappa shape index (κ3) is 7.54. The Labute approximate surface area is 156 Å². The van der Waals surface area contributed by atoms with E-state index in [4.69, 9.17) is 9.47 Å². The Bertz CT molecular complexity index is 750. The van der Waals surface area contributed by atoms with Crippen molar-refractivity contribution in [3.63, 3.8) is 0 Å². The lowest BCUT2D eigenvalue weighted by Gasteiger charge is -2.23. The average molecular weight is 381 g/mol. The van der Waals surface area contributed by atoms with Gasteiger partial charge in [-0.3, -0.25) is 4.79 Å². The molecule has 0 bridgehead atoms. The van der Waals surface area contributed by atoms with E-state index in [0.717, 1.165) is 17.4 Å². The van der Waals surface area contributed by atoms with Crippen molar-refractivity contribution < 1.29 is 22.7 Å². The fraction of sp³-hybridized carbons (Fsp3) is 0.450. The van der Waals surface area contributed by atoms with Gasteiger partial charge in [0.05, 0.1) is 12.2 Å². The van der Waals surface area contributed by atoms with Gasteiger partial charge >= 0.3 is 5.97 Å². The second kappa shape index (κ2) is 9.69. The Morgan fingerprint density at radius 2 is 1.77 bits per heavy atom. The van der Waals surface area contributed by atoms with E-state index in [0.29, 0.717) is 6.42 Å². The summed E-state index contributed by atoms with van der Waals surface area (Å²) in [4.78, 5) is 11.4. The summed E-state index contributed by atoms with van der Waals surface area (Å²) < 4.78 is 35.1. The van der Waals surface area contributed by atoms with Gasteiger partial charge in [-0.15, -0.1) is 6.58 Å². The van der Waals surface area contributed by atoms with E-state index in [-0.39, 0.29) is 11.9 Å². The van der Waals surface area contributed by atoms with Crippen LogP contribution in [0.5, 0.6) is 0 Å². The Hall–Kier alpha value is -1.92. The van der Waals surface area contributed by atoms with Gasteiger partial charge in [-0.1, -0.05) is 35.9 Å². The molecule has 0 amide bonds. The zero-order valence-electron chi connectivity index (χ0n) is 16.1. The van der Waals surface area contributed by atoms with Crippen molar-refractivity contribution in [3.8, 4) is 0 Å². The Morgan fingerprint density at radius 1 is 1.19 bits per heavy atom. The highest BCUT2D eigenvalue weighted by molar-refractivity contribution is 7.91. The third-order valence-corrected chi connectivity index (χ3v) is 5.37. The number of ether oxygens (including phenoxy) is 2. The van der Waals surface area contributed by atoms with Crippen LogP contribution in [0, 0.1) is 0 Å². The van der Waals surface area contributed by atoms with Crippen molar-refractivity contribution in [2.45, 2.75) is 51.6 Å². The Kier molecular flexibility index (Phi) is 8.24. The molecule has 1 rings (SSSR count). The fourth-order valence-corrected chi connectivity index (χ4v) is 2.92. The van der Waals surface area contributed by atoms with Crippen molar-refractivity contribution >= 4 is 15.8 Å². The van der Waals surface area contributed by atoms with Crippen LogP contribution in [-0.4, -0.2) is 32.0 Å². The van der Waals surface area contributed by atoms with Crippen molar-refractivity contribution in [3.05, 3.63) is 59.9 Å². The molecule has 0 aliphatic carbocycles. The molecule has 0 fully saturated rings. The summed E-state index contributed by atoms with van der Waals surface area (Å²) in [6.45, 7) is 10.4. The van der Waals surface area contributed by atoms with Crippen LogP contribution in [0.3, 0.4) is 0 Å². The largest absolute Gasteiger partial charge is 0.430 e. The number of hydrogen-bond acceptors (Lipinski definition) is 5. The smallest absolute Gasteiger partial charge is 0.307 e. The summed E-state index contributed by atoms with van der Waals surface area (Å²) in [5.74, 6) is -0.497. The number of esters is 1. The second-order valence-electron chi connectivity index (χ2n) is 6.52. The van der Waals surface area contributed by atoms with E-state index < -0.39 is 27.2 Å². The molecule has 0 aromatic heterocycles.